The molecule has 6 heteroatoms. The third-order valence-corrected chi connectivity index (χ3v) is 3.46. The van der Waals surface area contributed by atoms with Gasteiger partial charge in [-0.15, -0.1) is 0 Å². The SMILES string of the molecule is CC1(O)CCCN(c2nc(N)cc(Br)n2)CC1. The second-order valence-electron chi connectivity index (χ2n) is 4.75. The van der Waals surface area contributed by atoms with Crippen LogP contribution >= 0.6 is 15.9 Å². The molecule has 0 saturated carbocycles. The lowest BCUT2D eigenvalue weighted by Crippen LogP contribution is -2.29. The highest BCUT2D eigenvalue weighted by atomic mass is 79.9. The van der Waals surface area contributed by atoms with Gasteiger partial charge in [0.15, 0.2) is 0 Å². The van der Waals surface area contributed by atoms with Crippen LogP contribution in [0.2, 0.25) is 0 Å². The first kappa shape index (κ1) is 12.6. The molecule has 17 heavy (non-hydrogen) atoms. The molecule has 1 aliphatic heterocycles. The molecule has 0 amide bonds. The van der Waals surface area contributed by atoms with Crippen LogP contribution in [-0.4, -0.2) is 33.8 Å². The summed E-state index contributed by atoms with van der Waals surface area (Å²) in [5, 5.41) is 10.0. The minimum atomic E-state index is -0.577. The van der Waals surface area contributed by atoms with Gasteiger partial charge in [0, 0.05) is 19.2 Å². The maximum atomic E-state index is 10.0. The Morgan fingerprint density at radius 1 is 1.41 bits per heavy atom. The molecule has 0 spiro atoms. The van der Waals surface area contributed by atoms with Gasteiger partial charge in [-0.25, -0.2) is 4.98 Å². The number of nitrogen functional groups attached to an aromatic ring is 1. The van der Waals surface area contributed by atoms with Gasteiger partial charge in [0.1, 0.15) is 10.4 Å². The van der Waals surface area contributed by atoms with Crippen molar-refractivity contribution >= 4 is 27.7 Å². The number of nitrogens with zero attached hydrogens (tertiary/aromatic N) is 3. The molecule has 0 aromatic carbocycles. The number of anilines is 2. The Kier molecular flexibility index (Phi) is 3.53. The molecule has 0 bridgehead atoms. The molecule has 1 aromatic heterocycles. The molecule has 3 N–H and O–H groups in total. The maximum Gasteiger partial charge on any atom is 0.228 e. The average Bonchev–Trinajstić information content (AvgIpc) is 2.38. The fraction of sp³-hybridized carbons (Fsp3) is 0.636. The molecule has 1 aliphatic rings. The lowest BCUT2D eigenvalue weighted by molar-refractivity contribution is 0.0481. The minimum absolute atomic E-state index is 0.456. The van der Waals surface area contributed by atoms with Crippen LogP contribution < -0.4 is 10.6 Å². The van der Waals surface area contributed by atoms with Crippen molar-refractivity contribution in [3.63, 3.8) is 0 Å². The van der Waals surface area contributed by atoms with Gasteiger partial charge in [-0.1, -0.05) is 0 Å². The number of aromatic nitrogens is 2. The average molecular weight is 301 g/mol. The minimum Gasteiger partial charge on any atom is -0.390 e. The second kappa shape index (κ2) is 4.78. The molecule has 94 valence electrons. The van der Waals surface area contributed by atoms with Gasteiger partial charge in [0.2, 0.25) is 5.95 Å². The molecule has 2 heterocycles. The first-order valence-corrected chi connectivity index (χ1v) is 6.53. The summed E-state index contributed by atoms with van der Waals surface area (Å²) in [5.74, 6) is 1.09. The first-order valence-electron chi connectivity index (χ1n) is 5.74. The normalized spacial score (nSPS) is 25.7. The summed E-state index contributed by atoms with van der Waals surface area (Å²) in [5.41, 5.74) is 5.12. The van der Waals surface area contributed by atoms with E-state index in [0.29, 0.717) is 16.4 Å². The zero-order valence-corrected chi connectivity index (χ0v) is 11.4. The highest BCUT2D eigenvalue weighted by Crippen LogP contribution is 2.24. The second-order valence-corrected chi connectivity index (χ2v) is 5.57. The monoisotopic (exact) mass is 300 g/mol. The number of hydrogen-bond acceptors (Lipinski definition) is 5. The quantitative estimate of drug-likeness (QED) is 0.770. The summed E-state index contributed by atoms with van der Waals surface area (Å²) in [4.78, 5) is 10.6. The van der Waals surface area contributed by atoms with Gasteiger partial charge in [-0.2, -0.15) is 4.98 Å². The van der Waals surface area contributed by atoms with Crippen LogP contribution in [0.15, 0.2) is 10.7 Å². The fourth-order valence-corrected chi connectivity index (χ4v) is 2.42. The van der Waals surface area contributed by atoms with Crippen LogP contribution in [0.3, 0.4) is 0 Å². The fourth-order valence-electron chi connectivity index (χ4n) is 2.03. The number of aliphatic hydroxyl groups is 1. The highest BCUT2D eigenvalue weighted by Gasteiger charge is 2.26. The Hall–Kier alpha value is -0.880. The smallest absolute Gasteiger partial charge is 0.228 e. The van der Waals surface area contributed by atoms with Crippen molar-refractivity contribution in [1.29, 1.82) is 0 Å². The van der Waals surface area contributed by atoms with Gasteiger partial charge in [-0.3, -0.25) is 0 Å². The lowest BCUT2D eigenvalue weighted by atomic mass is 9.98. The Morgan fingerprint density at radius 3 is 2.88 bits per heavy atom. The van der Waals surface area contributed by atoms with Crippen LogP contribution in [0.5, 0.6) is 0 Å². The van der Waals surface area contributed by atoms with E-state index in [1.807, 2.05) is 6.92 Å². The summed E-state index contributed by atoms with van der Waals surface area (Å²) < 4.78 is 0.691. The Bertz CT molecular complexity index is 390. The number of rotatable bonds is 1. The molecule has 1 aromatic rings. The third-order valence-electron chi connectivity index (χ3n) is 3.05. The van der Waals surface area contributed by atoms with E-state index in [1.165, 1.54) is 0 Å². The molecule has 0 radical (unpaired) electrons. The van der Waals surface area contributed by atoms with Gasteiger partial charge in [-0.05, 0) is 42.1 Å². The molecule has 1 atom stereocenters. The molecule has 2 rings (SSSR count). The van der Waals surface area contributed by atoms with Crippen molar-refractivity contribution in [2.24, 2.45) is 0 Å². The Morgan fingerprint density at radius 2 is 2.18 bits per heavy atom. The van der Waals surface area contributed by atoms with Crippen molar-refractivity contribution in [2.75, 3.05) is 23.7 Å². The zero-order valence-electron chi connectivity index (χ0n) is 9.86. The maximum absolute atomic E-state index is 10.0. The molecule has 0 aliphatic carbocycles. The molecular formula is C11H17BrN4O. The van der Waals surface area contributed by atoms with E-state index in [0.717, 1.165) is 32.4 Å². The largest absolute Gasteiger partial charge is 0.390 e. The first-order chi connectivity index (χ1) is 7.96. The molecular weight excluding hydrogens is 284 g/mol. The number of halogens is 1. The summed E-state index contributed by atoms with van der Waals surface area (Å²) in [6, 6.07) is 1.68. The predicted octanol–water partition coefficient (Wildman–Crippen LogP) is 1.56. The van der Waals surface area contributed by atoms with E-state index >= 15 is 0 Å². The van der Waals surface area contributed by atoms with Gasteiger partial charge < -0.3 is 15.7 Å². The van der Waals surface area contributed by atoms with Gasteiger partial charge in [0.05, 0.1) is 5.60 Å². The third kappa shape index (κ3) is 3.29. The number of hydrogen-bond donors (Lipinski definition) is 2. The van der Waals surface area contributed by atoms with Crippen LogP contribution in [0.4, 0.5) is 11.8 Å². The van der Waals surface area contributed by atoms with Crippen LogP contribution in [0, 0.1) is 0 Å². The van der Waals surface area contributed by atoms with Crippen LogP contribution in [0.1, 0.15) is 26.2 Å². The Balaban J connectivity index is 2.17. The highest BCUT2D eigenvalue weighted by molar-refractivity contribution is 9.10. The standard InChI is InChI=1S/C11H17BrN4O/c1-11(17)3-2-5-16(6-4-11)10-14-8(12)7-9(13)15-10/h7,17H,2-6H2,1H3,(H2,13,14,15). The van der Waals surface area contributed by atoms with E-state index in [4.69, 9.17) is 5.73 Å². The van der Waals surface area contributed by atoms with Crippen molar-refractivity contribution < 1.29 is 5.11 Å². The van der Waals surface area contributed by atoms with E-state index in [1.54, 1.807) is 6.07 Å². The molecule has 5 nitrogen and oxygen atoms in total. The van der Waals surface area contributed by atoms with E-state index in [2.05, 4.69) is 30.8 Å². The van der Waals surface area contributed by atoms with E-state index < -0.39 is 5.60 Å². The van der Waals surface area contributed by atoms with Gasteiger partial charge in [0.25, 0.3) is 0 Å². The topological polar surface area (TPSA) is 75.3 Å². The van der Waals surface area contributed by atoms with Crippen LogP contribution in [0.25, 0.3) is 0 Å². The summed E-state index contributed by atoms with van der Waals surface area (Å²) in [7, 11) is 0. The summed E-state index contributed by atoms with van der Waals surface area (Å²) in [6.45, 7) is 3.49. The van der Waals surface area contributed by atoms with Crippen molar-refractivity contribution in [2.45, 2.75) is 31.8 Å². The summed E-state index contributed by atoms with van der Waals surface area (Å²) >= 11 is 3.31. The molecule has 1 fully saturated rings. The van der Waals surface area contributed by atoms with E-state index in [9.17, 15) is 5.11 Å². The Labute approximate surface area is 109 Å². The predicted molar refractivity (Wildman–Crippen MR) is 70.8 cm³/mol. The summed E-state index contributed by atoms with van der Waals surface area (Å²) in [6.07, 6.45) is 2.47. The lowest BCUT2D eigenvalue weighted by Gasteiger charge is -2.22. The van der Waals surface area contributed by atoms with Crippen LogP contribution in [-0.2, 0) is 0 Å². The number of nitrogens with two attached hydrogens (primary N) is 1. The van der Waals surface area contributed by atoms with E-state index in [-0.39, 0.29) is 0 Å². The zero-order chi connectivity index (χ0) is 12.5. The molecule has 1 unspecified atom stereocenters. The van der Waals surface area contributed by atoms with Crippen molar-refractivity contribution in [3.8, 4) is 0 Å². The molecule has 1 saturated heterocycles. The van der Waals surface area contributed by atoms with Crippen molar-refractivity contribution in [3.05, 3.63) is 10.7 Å². The van der Waals surface area contributed by atoms with Gasteiger partial charge >= 0.3 is 0 Å². The van der Waals surface area contributed by atoms with Crippen molar-refractivity contribution in [1.82, 2.24) is 9.97 Å².